The van der Waals surface area contributed by atoms with E-state index in [1.165, 1.54) is 22.7 Å². The molecule has 0 atom stereocenters. The zero-order valence-corrected chi connectivity index (χ0v) is 17.7. The van der Waals surface area contributed by atoms with Gasteiger partial charge >= 0.3 is 0 Å². The van der Waals surface area contributed by atoms with Gasteiger partial charge in [0, 0.05) is 22.7 Å². The fraction of sp³-hybridized carbons (Fsp3) is 0.100. The zero-order chi connectivity index (χ0) is 22.7. The Balaban J connectivity index is 1.43. The van der Waals surface area contributed by atoms with Crippen molar-refractivity contribution in [2.75, 3.05) is 13.2 Å². The smallest absolute Gasteiger partial charge is 0.282 e. The number of nitrogens with one attached hydrogen (secondary N) is 1. The molecule has 0 aliphatic heterocycles. The molecule has 4 aromatic rings. The number of benzene rings is 2. The Bertz CT molecular complexity index is 1330. The number of nitro benzene ring substituents is 1. The number of amides is 1. The molecule has 0 saturated heterocycles. The standard InChI is InChI=1S/C20H14Cl2N6O4/c21-12-5-6-16(28(30)31)14(11-12)20(29)23-9-10-32-18-8-7-17-24-25-19(27(17)26-18)13-3-1-2-4-15(13)22/h1-8,11H,9-10H2,(H,23,29). The highest BCUT2D eigenvalue weighted by atomic mass is 35.5. The van der Waals surface area contributed by atoms with E-state index in [1.807, 2.05) is 12.1 Å². The number of rotatable bonds is 7. The van der Waals surface area contributed by atoms with E-state index in [0.717, 1.165) is 0 Å². The number of nitro groups is 1. The van der Waals surface area contributed by atoms with E-state index in [0.29, 0.717) is 22.1 Å². The first kappa shape index (κ1) is 21.5. The van der Waals surface area contributed by atoms with Gasteiger partial charge in [-0.2, -0.15) is 4.52 Å². The normalized spacial score (nSPS) is 10.8. The van der Waals surface area contributed by atoms with Gasteiger partial charge in [-0.15, -0.1) is 15.3 Å². The second-order valence-electron chi connectivity index (χ2n) is 6.47. The first-order valence-electron chi connectivity index (χ1n) is 9.26. The number of carbonyl (C=O) groups is 1. The van der Waals surface area contributed by atoms with E-state index >= 15 is 0 Å². The van der Waals surface area contributed by atoms with Crippen LogP contribution in [0.5, 0.6) is 5.88 Å². The number of carbonyl (C=O) groups excluding carboxylic acids is 1. The van der Waals surface area contributed by atoms with Crippen LogP contribution >= 0.6 is 23.2 Å². The lowest BCUT2D eigenvalue weighted by atomic mass is 10.1. The second kappa shape index (κ2) is 9.16. The summed E-state index contributed by atoms with van der Waals surface area (Å²) in [6.07, 6.45) is 0. The molecular weight excluding hydrogens is 459 g/mol. The van der Waals surface area contributed by atoms with Crippen LogP contribution < -0.4 is 10.1 Å². The Labute approximate surface area is 190 Å². The van der Waals surface area contributed by atoms with Crippen LogP contribution in [0.15, 0.2) is 54.6 Å². The highest BCUT2D eigenvalue weighted by molar-refractivity contribution is 6.33. The summed E-state index contributed by atoms with van der Waals surface area (Å²) in [5.74, 6) is 0.0947. The summed E-state index contributed by atoms with van der Waals surface area (Å²) in [6.45, 7) is 0.157. The summed E-state index contributed by atoms with van der Waals surface area (Å²) >= 11 is 12.1. The molecule has 12 heteroatoms. The van der Waals surface area contributed by atoms with Crippen molar-refractivity contribution in [1.29, 1.82) is 0 Å². The van der Waals surface area contributed by atoms with E-state index in [2.05, 4.69) is 20.6 Å². The van der Waals surface area contributed by atoms with E-state index in [1.54, 1.807) is 24.3 Å². The summed E-state index contributed by atoms with van der Waals surface area (Å²) in [6, 6.07) is 14.3. The minimum absolute atomic E-state index is 0.0716. The molecule has 2 aromatic carbocycles. The van der Waals surface area contributed by atoms with Gasteiger partial charge in [0.05, 0.1) is 16.5 Å². The Morgan fingerprint density at radius 2 is 1.94 bits per heavy atom. The summed E-state index contributed by atoms with van der Waals surface area (Å²) < 4.78 is 7.10. The molecule has 0 saturated carbocycles. The van der Waals surface area contributed by atoms with Gasteiger partial charge in [-0.05, 0) is 30.3 Å². The third-order valence-corrected chi connectivity index (χ3v) is 4.96. The van der Waals surface area contributed by atoms with Crippen LogP contribution in [-0.2, 0) is 0 Å². The van der Waals surface area contributed by atoms with Gasteiger partial charge in [-0.25, -0.2) is 0 Å². The fourth-order valence-electron chi connectivity index (χ4n) is 2.92. The third kappa shape index (κ3) is 4.46. The molecule has 0 spiro atoms. The van der Waals surface area contributed by atoms with Crippen molar-refractivity contribution >= 4 is 40.4 Å². The minimum Gasteiger partial charge on any atom is -0.475 e. The second-order valence-corrected chi connectivity index (χ2v) is 7.31. The van der Waals surface area contributed by atoms with Gasteiger partial charge in [0.1, 0.15) is 12.2 Å². The molecular formula is C20H14Cl2N6O4. The average molecular weight is 473 g/mol. The van der Waals surface area contributed by atoms with E-state index < -0.39 is 10.8 Å². The first-order valence-corrected chi connectivity index (χ1v) is 10.0. The monoisotopic (exact) mass is 472 g/mol. The minimum atomic E-state index is -0.642. The highest BCUT2D eigenvalue weighted by Crippen LogP contribution is 2.26. The predicted octanol–water partition coefficient (Wildman–Crippen LogP) is 3.82. The molecule has 0 unspecified atom stereocenters. The van der Waals surface area contributed by atoms with Crippen LogP contribution in [0, 0.1) is 10.1 Å². The fourth-order valence-corrected chi connectivity index (χ4v) is 3.32. The molecule has 0 bridgehead atoms. The molecule has 10 nitrogen and oxygen atoms in total. The van der Waals surface area contributed by atoms with Crippen LogP contribution in [0.25, 0.3) is 17.0 Å². The number of hydrogen-bond acceptors (Lipinski definition) is 7. The number of hydrogen-bond donors (Lipinski definition) is 1. The summed E-state index contributed by atoms with van der Waals surface area (Å²) in [5, 5.41) is 27.0. The Kier molecular flexibility index (Phi) is 6.15. The van der Waals surface area contributed by atoms with Crippen LogP contribution in [0.2, 0.25) is 10.0 Å². The summed E-state index contributed by atoms with van der Waals surface area (Å²) in [7, 11) is 0. The lowest BCUT2D eigenvalue weighted by molar-refractivity contribution is -0.385. The van der Waals surface area contributed by atoms with Crippen molar-refractivity contribution in [3.05, 3.63) is 80.3 Å². The quantitative estimate of drug-likeness (QED) is 0.246. The predicted molar refractivity (Wildman–Crippen MR) is 117 cm³/mol. The summed E-state index contributed by atoms with van der Waals surface area (Å²) in [4.78, 5) is 22.8. The largest absolute Gasteiger partial charge is 0.475 e. The molecule has 32 heavy (non-hydrogen) atoms. The molecule has 0 aliphatic carbocycles. The zero-order valence-electron chi connectivity index (χ0n) is 16.2. The maximum Gasteiger partial charge on any atom is 0.282 e. The topological polar surface area (TPSA) is 125 Å². The summed E-state index contributed by atoms with van der Waals surface area (Å²) in [5.41, 5.74) is 0.714. The molecule has 0 aliphatic rings. The van der Waals surface area contributed by atoms with Crippen LogP contribution in [0.4, 0.5) is 5.69 Å². The van der Waals surface area contributed by atoms with Crippen molar-refractivity contribution in [2.24, 2.45) is 0 Å². The van der Waals surface area contributed by atoms with Crippen molar-refractivity contribution in [2.45, 2.75) is 0 Å². The number of fused-ring (bicyclic) bond motifs is 1. The number of nitrogens with zero attached hydrogens (tertiary/aromatic N) is 5. The Hall–Kier alpha value is -3.76. The lowest BCUT2D eigenvalue weighted by Gasteiger charge is -2.08. The van der Waals surface area contributed by atoms with E-state index in [4.69, 9.17) is 27.9 Å². The van der Waals surface area contributed by atoms with Gasteiger partial charge in [0.15, 0.2) is 11.5 Å². The molecule has 2 heterocycles. The average Bonchev–Trinajstić information content (AvgIpc) is 3.19. The molecule has 2 aromatic heterocycles. The lowest BCUT2D eigenvalue weighted by Crippen LogP contribution is -2.28. The highest BCUT2D eigenvalue weighted by Gasteiger charge is 2.20. The SMILES string of the molecule is O=C(NCCOc1ccc2nnc(-c3ccccc3Cl)n2n1)c1cc(Cl)ccc1[N+](=O)[O-]. The first-order chi connectivity index (χ1) is 15.4. The van der Waals surface area contributed by atoms with Gasteiger partial charge in [-0.1, -0.05) is 35.3 Å². The molecule has 0 radical (unpaired) electrons. The Morgan fingerprint density at radius 1 is 1.12 bits per heavy atom. The van der Waals surface area contributed by atoms with E-state index in [9.17, 15) is 14.9 Å². The van der Waals surface area contributed by atoms with Gasteiger partial charge in [0.25, 0.3) is 11.6 Å². The third-order valence-electron chi connectivity index (χ3n) is 4.39. The van der Waals surface area contributed by atoms with E-state index in [-0.39, 0.29) is 35.3 Å². The van der Waals surface area contributed by atoms with Crippen molar-refractivity contribution in [1.82, 2.24) is 25.1 Å². The van der Waals surface area contributed by atoms with Crippen molar-refractivity contribution < 1.29 is 14.5 Å². The van der Waals surface area contributed by atoms with Crippen LogP contribution in [-0.4, -0.2) is 43.8 Å². The molecule has 1 N–H and O–H groups in total. The maximum absolute atomic E-state index is 12.3. The van der Waals surface area contributed by atoms with Gasteiger partial charge in [-0.3, -0.25) is 14.9 Å². The van der Waals surface area contributed by atoms with Crippen molar-refractivity contribution in [3.63, 3.8) is 0 Å². The number of halogens is 2. The van der Waals surface area contributed by atoms with Gasteiger partial charge < -0.3 is 10.1 Å². The number of aromatic nitrogens is 4. The van der Waals surface area contributed by atoms with Gasteiger partial charge in [0.2, 0.25) is 5.88 Å². The number of ether oxygens (including phenoxy) is 1. The van der Waals surface area contributed by atoms with Crippen molar-refractivity contribution in [3.8, 4) is 17.3 Å². The molecule has 0 fully saturated rings. The molecule has 1 amide bonds. The maximum atomic E-state index is 12.3. The molecule has 162 valence electrons. The van der Waals surface area contributed by atoms with Crippen LogP contribution in [0.3, 0.4) is 0 Å². The molecule has 4 rings (SSSR count). The van der Waals surface area contributed by atoms with Crippen LogP contribution in [0.1, 0.15) is 10.4 Å². The Morgan fingerprint density at radius 3 is 2.72 bits per heavy atom.